The van der Waals surface area contributed by atoms with Gasteiger partial charge >= 0.3 is 0 Å². The number of anilines is 3. The van der Waals surface area contributed by atoms with Crippen LogP contribution in [0.1, 0.15) is 10.4 Å². The van der Waals surface area contributed by atoms with E-state index in [9.17, 15) is 4.79 Å². The fourth-order valence-corrected chi connectivity index (χ4v) is 2.00. The van der Waals surface area contributed by atoms with Gasteiger partial charge in [0.15, 0.2) is 6.29 Å². The average molecular weight is 389 g/mol. The highest BCUT2D eigenvalue weighted by molar-refractivity contribution is 14.1. The fourth-order valence-electron chi connectivity index (χ4n) is 1.42. The summed E-state index contributed by atoms with van der Waals surface area (Å²) in [6.07, 6.45) is 0.636. The minimum Gasteiger partial charge on any atom is -0.357 e. The molecule has 0 aliphatic rings. The number of hydrogen-bond donors (Lipinski definition) is 2. The molecule has 0 spiro atoms. The van der Waals surface area contributed by atoms with Gasteiger partial charge < -0.3 is 10.6 Å². The Morgan fingerprint density at radius 2 is 1.95 bits per heavy atom. The van der Waals surface area contributed by atoms with Crippen molar-refractivity contribution in [2.24, 2.45) is 0 Å². The maximum absolute atomic E-state index is 11.1. The first-order chi connectivity index (χ1) is 9.13. The molecule has 0 fully saturated rings. The largest absolute Gasteiger partial charge is 0.357 e. The number of aldehydes is 1. The molecule has 2 rings (SSSR count). The molecule has 0 radical (unpaired) electrons. The van der Waals surface area contributed by atoms with Gasteiger partial charge in [-0.25, -0.2) is 4.98 Å². The predicted octanol–water partition coefficient (Wildman–Crippen LogP) is 3.33. The Balaban J connectivity index is 2.40. The van der Waals surface area contributed by atoms with Gasteiger partial charge in [-0.3, -0.25) is 4.79 Å². The van der Waals surface area contributed by atoms with Crippen molar-refractivity contribution in [3.8, 4) is 0 Å². The molecular weight excluding hydrogens is 379 g/mol. The molecule has 0 saturated carbocycles. The molecule has 0 bridgehead atoms. The molecule has 1 aromatic heterocycles. The topological polar surface area (TPSA) is 66.9 Å². The van der Waals surface area contributed by atoms with Gasteiger partial charge in [0.1, 0.15) is 11.0 Å². The van der Waals surface area contributed by atoms with Crippen molar-refractivity contribution in [1.29, 1.82) is 0 Å². The normalized spacial score (nSPS) is 10.1. The van der Waals surface area contributed by atoms with Gasteiger partial charge in [0, 0.05) is 16.3 Å². The number of rotatable bonds is 4. The molecule has 2 aromatic rings. The molecule has 0 atom stereocenters. The summed E-state index contributed by atoms with van der Waals surface area (Å²) in [6.45, 7) is 0. The van der Waals surface area contributed by atoms with E-state index in [1.54, 1.807) is 7.05 Å². The van der Waals surface area contributed by atoms with Gasteiger partial charge in [0.2, 0.25) is 5.95 Å². The summed E-state index contributed by atoms with van der Waals surface area (Å²) in [6, 6.07) is 7.69. The van der Waals surface area contributed by atoms with Gasteiger partial charge in [-0.2, -0.15) is 4.98 Å². The van der Waals surface area contributed by atoms with Gasteiger partial charge in [-0.05, 0) is 46.9 Å². The third kappa shape index (κ3) is 3.32. The van der Waals surface area contributed by atoms with Crippen LogP contribution in [0.3, 0.4) is 0 Å². The fraction of sp³-hybridized carbons (Fsp3) is 0.0833. The summed E-state index contributed by atoms with van der Waals surface area (Å²) >= 11 is 8.16. The molecular formula is C12H10ClIN4O. The Morgan fingerprint density at radius 3 is 2.53 bits per heavy atom. The summed E-state index contributed by atoms with van der Waals surface area (Å²) < 4.78 is 1.12. The van der Waals surface area contributed by atoms with Crippen molar-refractivity contribution in [3.05, 3.63) is 38.6 Å². The first-order valence-electron chi connectivity index (χ1n) is 5.37. The van der Waals surface area contributed by atoms with E-state index >= 15 is 0 Å². The van der Waals surface area contributed by atoms with Crippen LogP contribution in [0.25, 0.3) is 0 Å². The van der Waals surface area contributed by atoms with Crippen LogP contribution in [-0.4, -0.2) is 23.3 Å². The molecule has 2 N–H and O–H groups in total. The van der Waals surface area contributed by atoms with E-state index in [-0.39, 0.29) is 10.7 Å². The molecule has 1 aromatic carbocycles. The first-order valence-corrected chi connectivity index (χ1v) is 6.82. The Labute approximate surface area is 128 Å². The zero-order chi connectivity index (χ0) is 13.8. The smallest absolute Gasteiger partial charge is 0.225 e. The van der Waals surface area contributed by atoms with Gasteiger partial charge in [0.25, 0.3) is 0 Å². The van der Waals surface area contributed by atoms with Crippen LogP contribution in [0, 0.1) is 3.57 Å². The van der Waals surface area contributed by atoms with Gasteiger partial charge in [0.05, 0.1) is 5.56 Å². The number of nitrogens with one attached hydrogen (secondary N) is 2. The predicted molar refractivity (Wildman–Crippen MR) is 84.4 cm³/mol. The molecule has 0 unspecified atom stereocenters. The SMILES string of the molecule is CNc1nc(Cl)c(C=O)c(Nc2ccc(I)cc2)n1. The minimum atomic E-state index is 0.113. The summed E-state index contributed by atoms with van der Waals surface area (Å²) in [5, 5.41) is 5.96. The molecule has 5 nitrogen and oxygen atoms in total. The standard InChI is InChI=1S/C12H10ClIN4O/c1-15-12-17-10(13)9(6-19)11(18-12)16-8-4-2-7(14)3-5-8/h2-6H,1H3,(H2,15,16,17,18). The highest BCUT2D eigenvalue weighted by atomic mass is 127. The summed E-state index contributed by atoms with van der Waals surface area (Å²) in [4.78, 5) is 19.2. The van der Waals surface area contributed by atoms with E-state index in [0.717, 1.165) is 9.26 Å². The van der Waals surface area contributed by atoms with Crippen LogP contribution in [0.4, 0.5) is 17.5 Å². The van der Waals surface area contributed by atoms with Crippen molar-refractivity contribution in [2.45, 2.75) is 0 Å². The monoisotopic (exact) mass is 388 g/mol. The third-order valence-corrected chi connectivity index (χ3v) is 3.35. The van der Waals surface area contributed by atoms with Crippen molar-refractivity contribution in [3.63, 3.8) is 0 Å². The number of carbonyl (C=O) groups is 1. The molecule has 0 aliphatic heterocycles. The zero-order valence-corrected chi connectivity index (χ0v) is 12.9. The lowest BCUT2D eigenvalue weighted by molar-refractivity contribution is 0.112. The summed E-state index contributed by atoms with van der Waals surface area (Å²) in [5.74, 6) is 0.726. The molecule has 0 aliphatic carbocycles. The second-order valence-electron chi connectivity index (χ2n) is 3.60. The van der Waals surface area contributed by atoms with Crippen LogP contribution in [0.15, 0.2) is 24.3 Å². The zero-order valence-electron chi connectivity index (χ0n) is 9.95. The maximum Gasteiger partial charge on any atom is 0.225 e. The highest BCUT2D eigenvalue weighted by Crippen LogP contribution is 2.24. The lowest BCUT2D eigenvalue weighted by Gasteiger charge is -2.10. The Hall–Kier alpha value is -1.41. The van der Waals surface area contributed by atoms with Crippen molar-refractivity contribution in [1.82, 2.24) is 9.97 Å². The second-order valence-corrected chi connectivity index (χ2v) is 5.20. The number of halogens is 2. The van der Waals surface area contributed by atoms with Crippen LogP contribution in [0.2, 0.25) is 5.15 Å². The van der Waals surface area contributed by atoms with Crippen LogP contribution in [0.5, 0.6) is 0 Å². The molecule has 98 valence electrons. The highest BCUT2D eigenvalue weighted by Gasteiger charge is 2.12. The molecule has 1 heterocycles. The first kappa shape index (κ1) is 14.0. The number of aromatic nitrogens is 2. The lowest BCUT2D eigenvalue weighted by atomic mass is 10.3. The molecule has 7 heteroatoms. The number of carbonyl (C=O) groups excluding carboxylic acids is 1. The van der Waals surface area contributed by atoms with E-state index < -0.39 is 0 Å². The van der Waals surface area contributed by atoms with E-state index in [1.165, 1.54) is 0 Å². The number of benzene rings is 1. The minimum absolute atomic E-state index is 0.113. The summed E-state index contributed by atoms with van der Waals surface area (Å²) in [7, 11) is 1.68. The van der Waals surface area contributed by atoms with Crippen molar-refractivity contribution < 1.29 is 4.79 Å². The van der Waals surface area contributed by atoms with E-state index in [4.69, 9.17) is 11.6 Å². The van der Waals surface area contributed by atoms with E-state index in [1.807, 2.05) is 24.3 Å². The average Bonchev–Trinajstić information content (AvgIpc) is 2.41. The summed E-state index contributed by atoms with van der Waals surface area (Å²) in [5.41, 5.74) is 1.06. The Morgan fingerprint density at radius 1 is 1.26 bits per heavy atom. The van der Waals surface area contributed by atoms with Crippen molar-refractivity contribution >= 4 is 57.9 Å². The number of nitrogens with zero attached hydrogens (tertiary/aromatic N) is 2. The van der Waals surface area contributed by atoms with E-state index in [2.05, 4.69) is 43.2 Å². The molecule has 0 saturated heterocycles. The van der Waals surface area contributed by atoms with Crippen LogP contribution < -0.4 is 10.6 Å². The van der Waals surface area contributed by atoms with Crippen LogP contribution in [-0.2, 0) is 0 Å². The molecule has 0 amide bonds. The quantitative estimate of drug-likeness (QED) is 0.478. The third-order valence-electron chi connectivity index (χ3n) is 2.35. The van der Waals surface area contributed by atoms with Gasteiger partial charge in [-0.1, -0.05) is 11.6 Å². The Kier molecular flexibility index (Phi) is 4.54. The molecule has 19 heavy (non-hydrogen) atoms. The van der Waals surface area contributed by atoms with Crippen LogP contribution >= 0.6 is 34.2 Å². The lowest BCUT2D eigenvalue weighted by Crippen LogP contribution is -2.05. The Bertz CT molecular complexity index is 603. The van der Waals surface area contributed by atoms with Crippen molar-refractivity contribution in [2.75, 3.05) is 17.7 Å². The van der Waals surface area contributed by atoms with E-state index in [0.29, 0.717) is 18.1 Å². The second kappa shape index (κ2) is 6.16. The maximum atomic E-state index is 11.1. The number of hydrogen-bond acceptors (Lipinski definition) is 5. The van der Waals surface area contributed by atoms with Gasteiger partial charge in [-0.15, -0.1) is 0 Å².